The molecule has 4 rings (SSSR count). The van der Waals surface area contributed by atoms with Crippen LogP contribution in [0.3, 0.4) is 0 Å². The predicted molar refractivity (Wildman–Crippen MR) is 122 cm³/mol. The van der Waals surface area contributed by atoms with Gasteiger partial charge in [-0.05, 0) is 35.4 Å². The van der Waals surface area contributed by atoms with Gasteiger partial charge in [-0.15, -0.1) is 0 Å². The number of hydrogen-bond donors (Lipinski definition) is 1. The van der Waals surface area contributed by atoms with Crippen LogP contribution in [0.15, 0.2) is 72.8 Å². The van der Waals surface area contributed by atoms with Gasteiger partial charge in [0.2, 0.25) is 5.91 Å². The number of carbonyl (C=O) groups excluding carboxylic acids is 2. The summed E-state index contributed by atoms with van der Waals surface area (Å²) in [6, 6.07) is 22.0. The van der Waals surface area contributed by atoms with E-state index in [2.05, 4.69) is 5.32 Å². The van der Waals surface area contributed by atoms with Crippen molar-refractivity contribution in [1.82, 2.24) is 10.2 Å². The topological polar surface area (TPSA) is 67.9 Å². The van der Waals surface area contributed by atoms with E-state index >= 15 is 0 Å². The number of likely N-dealkylation sites (N-methyl/N-ethyl adjacent to an activating group) is 1. The second kappa shape index (κ2) is 9.14. The molecule has 0 aliphatic carbocycles. The molecule has 1 aliphatic rings. The number of amides is 2. The van der Waals surface area contributed by atoms with Crippen molar-refractivity contribution in [1.29, 1.82) is 0 Å². The predicted octanol–water partition coefficient (Wildman–Crippen LogP) is 3.93. The van der Waals surface area contributed by atoms with E-state index in [1.807, 2.05) is 66.7 Å². The summed E-state index contributed by atoms with van der Waals surface area (Å²) in [7, 11) is 4.96. The zero-order chi connectivity index (χ0) is 22.7. The second-order valence-corrected chi connectivity index (χ2v) is 7.73. The van der Waals surface area contributed by atoms with E-state index in [0.717, 1.165) is 28.2 Å². The molecule has 0 saturated carbocycles. The molecule has 1 aliphatic heterocycles. The second-order valence-electron chi connectivity index (χ2n) is 7.73. The molecule has 0 saturated heterocycles. The fourth-order valence-corrected chi connectivity index (χ4v) is 4.32. The van der Waals surface area contributed by atoms with Gasteiger partial charge in [-0.2, -0.15) is 0 Å². The molecule has 3 aromatic rings. The zero-order valence-corrected chi connectivity index (χ0v) is 18.4. The Labute approximate surface area is 187 Å². The maximum atomic E-state index is 13.6. The number of carbonyl (C=O) groups is 2. The number of nitrogens with one attached hydrogen (secondary N) is 1. The Morgan fingerprint density at radius 2 is 1.62 bits per heavy atom. The molecule has 164 valence electrons. The molecular formula is C26H26N2O4. The van der Waals surface area contributed by atoms with Crippen molar-refractivity contribution in [3.05, 3.63) is 95.1 Å². The van der Waals surface area contributed by atoms with Gasteiger partial charge < -0.3 is 19.7 Å². The minimum Gasteiger partial charge on any atom is -0.497 e. The first-order chi connectivity index (χ1) is 15.5. The fraction of sp³-hybridized carbons (Fsp3) is 0.231. The van der Waals surface area contributed by atoms with Gasteiger partial charge >= 0.3 is 0 Å². The number of rotatable bonds is 6. The molecule has 1 heterocycles. The van der Waals surface area contributed by atoms with Crippen LogP contribution in [-0.2, 0) is 11.3 Å². The molecule has 32 heavy (non-hydrogen) atoms. The van der Waals surface area contributed by atoms with Crippen LogP contribution in [0.2, 0.25) is 0 Å². The highest BCUT2D eigenvalue weighted by Gasteiger charge is 2.42. The van der Waals surface area contributed by atoms with Crippen molar-refractivity contribution in [2.24, 2.45) is 0 Å². The minimum atomic E-state index is -0.558. The first-order valence-electron chi connectivity index (χ1n) is 10.4. The van der Waals surface area contributed by atoms with E-state index in [-0.39, 0.29) is 11.8 Å². The maximum Gasteiger partial charge on any atom is 0.254 e. The molecule has 1 N–H and O–H groups in total. The lowest BCUT2D eigenvalue weighted by atomic mass is 9.79. The summed E-state index contributed by atoms with van der Waals surface area (Å²) < 4.78 is 10.7. The van der Waals surface area contributed by atoms with E-state index in [4.69, 9.17) is 9.47 Å². The van der Waals surface area contributed by atoms with Crippen molar-refractivity contribution >= 4 is 11.8 Å². The normalized spacial score (nSPS) is 17.5. The molecule has 0 unspecified atom stereocenters. The third-order valence-electron chi connectivity index (χ3n) is 5.96. The Balaban J connectivity index is 1.71. The van der Waals surface area contributed by atoms with Crippen molar-refractivity contribution in [2.75, 3.05) is 21.3 Å². The number of benzene rings is 3. The number of methoxy groups -OCH3 is 2. The van der Waals surface area contributed by atoms with Gasteiger partial charge in [0.05, 0.1) is 26.2 Å². The number of hydrogen-bond acceptors (Lipinski definition) is 4. The number of nitrogens with zero attached hydrogens (tertiary/aromatic N) is 1. The van der Waals surface area contributed by atoms with Crippen molar-refractivity contribution in [3.63, 3.8) is 0 Å². The van der Waals surface area contributed by atoms with Crippen LogP contribution in [-0.4, -0.2) is 38.0 Å². The zero-order valence-electron chi connectivity index (χ0n) is 18.4. The van der Waals surface area contributed by atoms with E-state index < -0.39 is 12.0 Å². The Hall–Kier alpha value is -3.80. The van der Waals surface area contributed by atoms with Crippen LogP contribution in [0.1, 0.15) is 39.0 Å². The summed E-state index contributed by atoms with van der Waals surface area (Å²) in [5.74, 6) is 0.627. The van der Waals surface area contributed by atoms with Crippen LogP contribution in [0.4, 0.5) is 0 Å². The Bertz CT molecular complexity index is 1130. The number of para-hydroxylation sites is 1. The van der Waals surface area contributed by atoms with Crippen molar-refractivity contribution < 1.29 is 19.1 Å². The van der Waals surface area contributed by atoms with Crippen LogP contribution in [0.5, 0.6) is 11.5 Å². The summed E-state index contributed by atoms with van der Waals surface area (Å²) in [6.45, 7) is 0.328. The molecule has 2 amide bonds. The molecule has 0 spiro atoms. The van der Waals surface area contributed by atoms with Gasteiger partial charge in [-0.1, -0.05) is 48.5 Å². The fourth-order valence-electron chi connectivity index (χ4n) is 4.32. The molecule has 0 fully saturated rings. The van der Waals surface area contributed by atoms with E-state index in [9.17, 15) is 9.59 Å². The van der Waals surface area contributed by atoms with Crippen LogP contribution in [0.25, 0.3) is 0 Å². The van der Waals surface area contributed by atoms with Crippen LogP contribution < -0.4 is 14.8 Å². The van der Waals surface area contributed by atoms with E-state index in [1.165, 1.54) is 0 Å². The molecule has 6 heteroatoms. The smallest absolute Gasteiger partial charge is 0.254 e. The Kier molecular flexibility index (Phi) is 6.12. The van der Waals surface area contributed by atoms with E-state index in [1.54, 1.807) is 32.2 Å². The Morgan fingerprint density at radius 3 is 2.34 bits per heavy atom. The SMILES string of the molecule is COc1ccc([C@H]2[C@H](C(=O)NCc3ccccc3OC)c3ccccc3C(=O)N2C)cc1. The minimum absolute atomic E-state index is 0.102. The standard InChI is InChI=1S/C26H26N2O4/c1-28-24(17-12-14-19(31-2)15-13-17)23(20-9-5-6-10-21(20)26(28)30)25(29)27-16-18-8-4-7-11-22(18)32-3/h4-15,23-24H,16H2,1-3H3,(H,27,29)/t23-,24+/m1/s1. The summed E-state index contributed by atoms with van der Waals surface area (Å²) in [4.78, 5) is 28.3. The van der Waals surface area contributed by atoms with Gasteiger partial charge in [-0.3, -0.25) is 9.59 Å². The van der Waals surface area contributed by atoms with Gasteiger partial charge in [0.15, 0.2) is 0 Å². The first kappa shape index (κ1) is 21.4. The third kappa shape index (κ3) is 3.91. The molecule has 2 atom stereocenters. The molecule has 3 aromatic carbocycles. The molecule has 0 bridgehead atoms. The van der Waals surface area contributed by atoms with Gasteiger partial charge in [0.1, 0.15) is 11.5 Å². The monoisotopic (exact) mass is 430 g/mol. The summed E-state index contributed by atoms with van der Waals surface area (Å²) >= 11 is 0. The largest absolute Gasteiger partial charge is 0.497 e. The average molecular weight is 431 g/mol. The van der Waals surface area contributed by atoms with Crippen LogP contribution in [0, 0.1) is 0 Å². The lowest BCUT2D eigenvalue weighted by Gasteiger charge is -2.39. The van der Waals surface area contributed by atoms with Gasteiger partial charge in [0, 0.05) is 24.7 Å². The number of fused-ring (bicyclic) bond motifs is 1. The van der Waals surface area contributed by atoms with E-state index in [0.29, 0.717) is 12.1 Å². The van der Waals surface area contributed by atoms with Crippen LogP contribution >= 0.6 is 0 Å². The van der Waals surface area contributed by atoms with Gasteiger partial charge in [0.25, 0.3) is 5.91 Å². The summed E-state index contributed by atoms with van der Waals surface area (Å²) in [5, 5.41) is 3.06. The average Bonchev–Trinajstić information content (AvgIpc) is 2.84. The molecular weight excluding hydrogens is 404 g/mol. The molecule has 0 aromatic heterocycles. The molecule has 0 radical (unpaired) electrons. The first-order valence-corrected chi connectivity index (χ1v) is 10.4. The highest BCUT2D eigenvalue weighted by Crippen LogP contribution is 2.42. The highest BCUT2D eigenvalue weighted by atomic mass is 16.5. The quantitative estimate of drug-likeness (QED) is 0.644. The highest BCUT2D eigenvalue weighted by molar-refractivity contribution is 6.01. The lowest BCUT2D eigenvalue weighted by molar-refractivity contribution is -0.124. The summed E-state index contributed by atoms with van der Waals surface area (Å²) in [5.41, 5.74) is 3.04. The number of ether oxygens (including phenoxy) is 2. The van der Waals surface area contributed by atoms with Gasteiger partial charge in [-0.25, -0.2) is 0 Å². The Morgan fingerprint density at radius 1 is 0.938 bits per heavy atom. The maximum absolute atomic E-state index is 13.6. The third-order valence-corrected chi connectivity index (χ3v) is 5.96. The van der Waals surface area contributed by atoms with Crippen molar-refractivity contribution in [2.45, 2.75) is 18.5 Å². The van der Waals surface area contributed by atoms with Crippen molar-refractivity contribution in [3.8, 4) is 11.5 Å². The molecule has 6 nitrogen and oxygen atoms in total. The summed E-state index contributed by atoms with van der Waals surface area (Å²) in [6.07, 6.45) is 0. The lowest BCUT2D eigenvalue weighted by Crippen LogP contribution is -2.45.